The van der Waals surface area contributed by atoms with Gasteiger partial charge in [-0.15, -0.1) is 11.8 Å². The van der Waals surface area contributed by atoms with E-state index in [-0.39, 0.29) is 30.9 Å². The van der Waals surface area contributed by atoms with Gasteiger partial charge in [-0.3, -0.25) is 14.4 Å². The molecule has 0 bridgehead atoms. The number of hydrogen-bond donors (Lipinski definition) is 1. The van der Waals surface area contributed by atoms with Crippen LogP contribution < -0.4 is 4.90 Å². The third-order valence-corrected chi connectivity index (χ3v) is 10.4. The number of aliphatic hydroxyl groups is 1. The number of carbonyl (C=O) groups excluding carboxylic acids is 3. The van der Waals surface area contributed by atoms with Gasteiger partial charge in [0.15, 0.2) is 0 Å². The number of hydrogen-bond acceptors (Lipinski definition) is 5. The number of likely N-dealkylation sites (tertiary alicyclic amines) is 1. The average molecular weight is 564 g/mol. The Morgan fingerprint density at radius 3 is 2.36 bits per heavy atom. The maximum atomic E-state index is 14.3. The zero-order valence-corrected chi connectivity index (χ0v) is 23.1. The first-order valence-corrected chi connectivity index (χ1v) is 14.3. The second-order valence-corrected chi connectivity index (χ2v) is 12.9. The number of benzene rings is 2. The van der Waals surface area contributed by atoms with Crippen molar-refractivity contribution in [3.8, 4) is 0 Å². The van der Waals surface area contributed by atoms with Crippen LogP contribution in [0.3, 0.4) is 0 Å². The van der Waals surface area contributed by atoms with Crippen molar-refractivity contribution in [1.82, 2.24) is 9.80 Å². The van der Waals surface area contributed by atoms with Gasteiger partial charge in [0.1, 0.15) is 6.04 Å². The Kier molecular flexibility index (Phi) is 6.60. The van der Waals surface area contributed by atoms with Gasteiger partial charge in [0, 0.05) is 41.6 Å². The lowest BCUT2D eigenvalue weighted by atomic mass is 9.74. The minimum Gasteiger partial charge on any atom is -0.395 e. The maximum absolute atomic E-state index is 14.3. The predicted molar refractivity (Wildman–Crippen MR) is 152 cm³/mol. The number of carbonyl (C=O) groups is 3. The quantitative estimate of drug-likeness (QED) is 0.563. The first kappa shape index (κ1) is 26.2. The van der Waals surface area contributed by atoms with E-state index in [2.05, 4.69) is 6.08 Å². The van der Waals surface area contributed by atoms with E-state index in [1.165, 1.54) is 4.90 Å². The second-order valence-electron chi connectivity index (χ2n) is 10.7. The van der Waals surface area contributed by atoms with Crippen molar-refractivity contribution in [3.63, 3.8) is 0 Å². The summed E-state index contributed by atoms with van der Waals surface area (Å²) in [6, 6.07) is 16.0. The van der Waals surface area contributed by atoms with Crippen LogP contribution in [0.15, 0.2) is 78.9 Å². The van der Waals surface area contributed by atoms with Crippen LogP contribution in [0.2, 0.25) is 5.02 Å². The van der Waals surface area contributed by atoms with Gasteiger partial charge in [-0.05, 0) is 36.8 Å². The highest BCUT2D eigenvalue weighted by Gasteiger charge is 2.73. The highest BCUT2D eigenvalue weighted by Crippen LogP contribution is 2.65. The molecule has 7 nitrogen and oxygen atoms in total. The lowest BCUT2D eigenvalue weighted by molar-refractivity contribution is -0.144. The summed E-state index contributed by atoms with van der Waals surface area (Å²) in [4.78, 5) is 47.7. The first-order valence-electron chi connectivity index (χ1n) is 13.2. The average Bonchev–Trinajstić information content (AvgIpc) is 3.18. The Hall–Kier alpha value is -3.07. The van der Waals surface area contributed by atoms with Crippen LogP contribution in [0, 0.1) is 11.8 Å². The molecule has 0 saturated carbocycles. The van der Waals surface area contributed by atoms with Gasteiger partial charge in [0.05, 0.1) is 23.2 Å². The molecular weight excluding hydrogens is 534 g/mol. The fourth-order valence-electron chi connectivity index (χ4n) is 6.72. The summed E-state index contributed by atoms with van der Waals surface area (Å²) in [6.07, 6.45) is 7.99. The Morgan fingerprint density at radius 1 is 0.923 bits per heavy atom. The van der Waals surface area contributed by atoms with E-state index in [1.54, 1.807) is 45.8 Å². The third kappa shape index (κ3) is 4.12. The molecule has 4 aliphatic rings. The lowest BCUT2D eigenvalue weighted by Crippen LogP contribution is -2.54. The number of β-amino-alcohol motifs (C(OH)–C–C–N with tert-alkyl or cyclic N) is 1. The maximum Gasteiger partial charge on any atom is 0.251 e. The summed E-state index contributed by atoms with van der Waals surface area (Å²) in [5.74, 6) is -1.95. The molecule has 0 aromatic heterocycles. The van der Waals surface area contributed by atoms with Gasteiger partial charge >= 0.3 is 0 Å². The van der Waals surface area contributed by atoms with E-state index < -0.39 is 27.4 Å². The Balaban J connectivity index is 1.42. The van der Waals surface area contributed by atoms with Gasteiger partial charge in [-0.2, -0.15) is 0 Å². The summed E-state index contributed by atoms with van der Waals surface area (Å²) < 4.78 is -1.62. The normalized spacial score (nSPS) is 31.7. The van der Waals surface area contributed by atoms with E-state index in [0.29, 0.717) is 30.3 Å². The fourth-order valence-corrected chi connectivity index (χ4v) is 9.00. The number of thioether (sulfide) groups is 1. The molecule has 6 rings (SSSR count). The van der Waals surface area contributed by atoms with Crippen molar-refractivity contribution in [3.05, 3.63) is 89.5 Å². The standard InChI is InChI=1S/C30H30ClN3O4S/c1-29-13-5-15-32(19-20-7-3-2-4-8-20)26(36)23(29)24-27(37)34(17-18-35)25-28(38)33(16-6-14-30(24,25)39-29)22-11-9-21(31)10-12-22/h2-14,23-25,35H,15-19H2,1H3/t23-,24-,25?,29+,30-/m0/s1. The SMILES string of the molecule is C[C@@]12C=CCN(Cc3ccccc3)C(=O)[C@@H]1[C@H]1C(=O)N(CCO)C3C(=O)N(c4ccc(Cl)cc4)CC=C[C@@]31S2. The van der Waals surface area contributed by atoms with Gasteiger partial charge in [-0.1, -0.05) is 66.2 Å². The zero-order valence-electron chi connectivity index (χ0n) is 21.6. The molecule has 9 heteroatoms. The van der Waals surface area contributed by atoms with Gasteiger partial charge in [0.2, 0.25) is 11.8 Å². The molecule has 1 unspecified atom stereocenters. The van der Waals surface area contributed by atoms with E-state index in [0.717, 1.165) is 5.56 Å². The Bertz CT molecular complexity index is 1370. The molecule has 2 fully saturated rings. The second kappa shape index (κ2) is 9.84. The van der Waals surface area contributed by atoms with Crippen molar-refractivity contribution >= 4 is 46.8 Å². The van der Waals surface area contributed by atoms with E-state index >= 15 is 0 Å². The number of aliphatic hydroxyl groups excluding tert-OH is 1. The first-order chi connectivity index (χ1) is 18.8. The monoisotopic (exact) mass is 563 g/mol. The van der Waals surface area contributed by atoms with Crippen molar-refractivity contribution in [2.75, 3.05) is 31.1 Å². The number of fused-ring (bicyclic) bond motifs is 2. The summed E-state index contributed by atoms with van der Waals surface area (Å²) in [5, 5.41) is 10.5. The van der Waals surface area contributed by atoms with Crippen LogP contribution in [-0.2, 0) is 20.9 Å². The van der Waals surface area contributed by atoms with Crippen LogP contribution in [-0.4, -0.2) is 74.4 Å². The molecule has 5 atom stereocenters. The van der Waals surface area contributed by atoms with Crippen LogP contribution in [0.4, 0.5) is 5.69 Å². The van der Waals surface area contributed by atoms with Crippen LogP contribution >= 0.6 is 23.4 Å². The topological polar surface area (TPSA) is 81.2 Å². The van der Waals surface area contributed by atoms with Gasteiger partial charge in [-0.25, -0.2) is 0 Å². The summed E-state index contributed by atoms with van der Waals surface area (Å²) in [6.45, 7) is 2.99. The molecule has 202 valence electrons. The molecule has 1 N–H and O–H groups in total. The number of anilines is 1. The zero-order chi connectivity index (χ0) is 27.4. The van der Waals surface area contributed by atoms with Gasteiger partial charge in [0.25, 0.3) is 5.91 Å². The number of rotatable bonds is 5. The fraction of sp³-hybridized carbons (Fsp3) is 0.367. The van der Waals surface area contributed by atoms with Crippen molar-refractivity contribution in [2.24, 2.45) is 11.8 Å². The molecule has 2 saturated heterocycles. The predicted octanol–water partition coefficient (Wildman–Crippen LogP) is 3.52. The molecule has 2 aromatic rings. The van der Waals surface area contributed by atoms with E-state index in [1.807, 2.05) is 55.5 Å². The molecule has 0 radical (unpaired) electrons. The van der Waals surface area contributed by atoms with Gasteiger partial charge < -0.3 is 19.8 Å². The van der Waals surface area contributed by atoms with Crippen LogP contribution in [0.5, 0.6) is 0 Å². The summed E-state index contributed by atoms with van der Waals surface area (Å²) >= 11 is 7.64. The number of halogens is 1. The Labute approximate surface area is 237 Å². The minimum absolute atomic E-state index is 0.0253. The minimum atomic E-state index is -0.945. The molecule has 39 heavy (non-hydrogen) atoms. The number of nitrogens with zero attached hydrogens (tertiary/aromatic N) is 3. The smallest absolute Gasteiger partial charge is 0.251 e. The summed E-state index contributed by atoms with van der Waals surface area (Å²) in [5.41, 5.74) is 1.70. The van der Waals surface area contributed by atoms with Crippen molar-refractivity contribution < 1.29 is 19.5 Å². The highest BCUT2D eigenvalue weighted by atomic mass is 35.5. The third-order valence-electron chi connectivity index (χ3n) is 8.34. The van der Waals surface area contributed by atoms with Crippen LogP contribution in [0.25, 0.3) is 0 Å². The molecular formula is C30H30ClN3O4S. The highest BCUT2D eigenvalue weighted by molar-refractivity contribution is 8.02. The number of amides is 3. The molecule has 4 aliphatic heterocycles. The van der Waals surface area contributed by atoms with Crippen molar-refractivity contribution in [2.45, 2.75) is 29.0 Å². The van der Waals surface area contributed by atoms with E-state index in [4.69, 9.17) is 11.6 Å². The largest absolute Gasteiger partial charge is 0.395 e. The van der Waals surface area contributed by atoms with Crippen molar-refractivity contribution in [1.29, 1.82) is 0 Å². The Morgan fingerprint density at radius 2 is 1.64 bits per heavy atom. The molecule has 4 heterocycles. The summed E-state index contributed by atoms with van der Waals surface area (Å²) in [7, 11) is 0. The molecule has 2 aromatic carbocycles. The van der Waals surface area contributed by atoms with E-state index in [9.17, 15) is 19.5 Å². The molecule has 3 amide bonds. The molecule has 0 aliphatic carbocycles. The molecule has 1 spiro atoms. The lowest BCUT2D eigenvalue weighted by Gasteiger charge is -2.36. The van der Waals surface area contributed by atoms with Crippen LogP contribution in [0.1, 0.15) is 12.5 Å².